The summed E-state index contributed by atoms with van der Waals surface area (Å²) in [5.41, 5.74) is -2.03. The highest BCUT2D eigenvalue weighted by atomic mass is 19.4. The molecule has 3 N–H and O–H groups in total. The number of amides is 2. The van der Waals surface area contributed by atoms with E-state index < -0.39 is 58.9 Å². The average Bonchev–Trinajstić information content (AvgIpc) is 3.30. The molecule has 0 saturated carbocycles. The summed E-state index contributed by atoms with van der Waals surface area (Å²) in [6.45, 7) is 3.52. The van der Waals surface area contributed by atoms with Gasteiger partial charge in [-0.05, 0) is 41.8 Å². The number of carbonyl (C=O) groups excluding carboxylic acids is 2. The van der Waals surface area contributed by atoms with Gasteiger partial charge >= 0.3 is 12.1 Å². The lowest BCUT2D eigenvalue weighted by Gasteiger charge is -2.35. The van der Waals surface area contributed by atoms with Gasteiger partial charge in [0.1, 0.15) is 17.0 Å². The fraction of sp³-hybridized carbons (Fsp3) is 0.375. The van der Waals surface area contributed by atoms with Crippen molar-refractivity contribution in [2.24, 2.45) is 17.8 Å². The van der Waals surface area contributed by atoms with E-state index in [4.69, 9.17) is 4.74 Å². The van der Waals surface area contributed by atoms with Crippen LogP contribution in [0.5, 0.6) is 11.5 Å². The minimum atomic E-state index is -4.53. The number of carboxylic acids is 1. The van der Waals surface area contributed by atoms with Crippen molar-refractivity contribution in [3.05, 3.63) is 59.7 Å². The summed E-state index contributed by atoms with van der Waals surface area (Å²) in [6.07, 6.45) is -4.07. The quantitative estimate of drug-likeness (QED) is 0.547. The van der Waals surface area contributed by atoms with Crippen molar-refractivity contribution in [1.82, 2.24) is 10.6 Å². The van der Waals surface area contributed by atoms with Gasteiger partial charge < -0.3 is 9.84 Å². The van der Waals surface area contributed by atoms with Gasteiger partial charge in [0.05, 0.1) is 17.4 Å². The van der Waals surface area contributed by atoms with Crippen LogP contribution < -0.4 is 15.4 Å². The number of imide groups is 1. The van der Waals surface area contributed by atoms with Gasteiger partial charge in [-0.25, -0.2) is 0 Å². The molecular formula is C24H23F3N2O5. The topological polar surface area (TPSA) is 105 Å². The molecule has 2 fully saturated rings. The largest absolute Gasteiger partial charge is 0.480 e. The maximum atomic E-state index is 13.0. The fourth-order valence-electron chi connectivity index (χ4n) is 4.98. The molecule has 2 aliphatic heterocycles. The van der Waals surface area contributed by atoms with Crippen LogP contribution in [0.1, 0.15) is 37.4 Å². The molecule has 2 aromatic carbocycles. The molecule has 2 aliphatic rings. The van der Waals surface area contributed by atoms with Gasteiger partial charge in [0.15, 0.2) is 0 Å². The number of hydrogen-bond acceptors (Lipinski definition) is 5. The summed E-state index contributed by atoms with van der Waals surface area (Å²) in [7, 11) is 0. The molecule has 5 unspecified atom stereocenters. The summed E-state index contributed by atoms with van der Waals surface area (Å²) in [5, 5.41) is 15.5. The van der Waals surface area contributed by atoms with Crippen molar-refractivity contribution in [1.29, 1.82) is 0 Å². The Kier molecular flexibility index (Phi) is 5.89. The average molecular weight is 476 g/mol. The number of carbonyl (C=O) groups is 3. The zero-order valence-corrected chi connectivity index (χ0v) is 18.3. The molecule has 2 heterocycles. The van der Waals surface area contributed by atoms with E-state index in [1.807, 2.05) is 0 Å². The Morgan fingerprint density at radius 2 is 1.76 bits per heavy atom. The van der Waals surface area contributed by atoms with E-state index in [0.29, 0.717) is 12.0 Å². The smallest absolute Gasteiger partial charge is 0.416 e. The summed E-state index contributed by atoms with van der Waals surface area (Å²) in [4.78, 5) is 37.8. The second kappa shape index (κ2) is 8.43. The lowest BCUT2D eigenvalue weighted by Crippen LogP contribution is -2.59. The Bertz CT molecular complexity index is 1150. The fourth-order valence-corrected chi connectivity index (χ4v) is 4.98. The number of nitrogens with one attached hydrogen (secondary N) is 2. The van der Waals surface area contributed by atoms with Crippen LogP contribution in [0.2, 0.25) is 0 Å². The van der Waals surface area contributed by atoms with Crippen molar-refractivity contribution in [3.63, 3.8) is 0 Å². The highest BCUT2D eigenvalue weighted by Gasteiger charge is 2.67. The van der Waals surface area contributed by atoms with Crippen molar-refractivity contribution >= 4 is 17.8 Å². The molecule has 2 aromatic rings. The molecule has 0 aromatic heterocycles. The third-order valence-corrected chi connectivity index (χ3v) is 6.79. The zero-order chi connectivity index (χ0) is 24.8. The van der Waals surface area contributed by atoms with Crippen LogP contribution >= 0.6 is 0 Å². The van der Waals surface area contributed by atoms with E-state index in [-0.39, 0.29) is 11.5 Å². The van der Waals surface area contributed by atoms with Crippen LogP contribution in [0.15, 0.2) is 48.5 Å². The monoisotopic (exact) mass is 476 g/mol. The lowest BCUT2D eigenvalue weighted by molar-refractivity contribution is -0.152. The number of halogens is 3. The SMILES string of the molecule is CCC(C)C1(C(=O)O)NC(c2cccc(Oc3cccc(C(F)(F)F)c3)c2)C2C(=O)NC(=O)C21. The molecule has 5 atom stereocenters. The van der Waals surface area contributed by atoms with E-state index >= 15 is 0 Å². The highest BCUT2D eigenvalue weighted by molar-refractivity contribution is 6.09. The molecule has 2 amide bonds. The molecule has 0 spiro atoms. The first kappa shape index (κ1) is 23.7. The molecule has 34 heavy (non-hydrogen) atoms. The van der Waals surface area contributed by atoms with Gasteiger partial charge in [0, 0.05) is 6.04 Å². The number of alkyl halides is 3. The van der Waals surface area contributed by atoms with Gasteiger partial charge in [-0.1, -0.05) is 38.5 Å². The summed E-state index contributed by atoms with van der Waals surface area (Å²) >= 11 is 0. The van der Waals surface area contributed by atoms with E-state index in [2.05, 4.69) is 10.6 Å². The normalized spacial score (nSPS) is 27.3. The van der Waals surface area contributed by atoms with Gasteiger partial charge in [0.25, 0.3) is 0 Å². The number of aliphatic carboxylic acids is 1. The predicted molar refractivity (Wildman–Crippen MR) is 114 cm³/mol. The Hall–Kier alpha value is -3.40. The van der Waals surface area contributed by atoms with E-state index in [9.17, 15) is 32.7 Å². The minimum absolute atomic E-state index is 0.0301. The van der Waals surface area contributed by atoms with Gasteiger partial charge in [-0.15, -0.1) is 0 Å². The van der Waals surface area contributed by atoms with Gasteiger partial charge in [0.2, 0.25) is 11.8 Å². The first-order chi connectivity index (χ1) is 16.0. The Morgan fingerprint density at radius 3 is 2.38 bits per heavy atom. The van der Waals surface area contributed by atoms with E-state index in [1.54, 1.807) is 26.0 Å². The van der Waals surface area contributed by atoms with Crippen LogP contribution in [0.25, 0.3) is 0 Å². The summed E-state index contributed by atoms with van der Waals surface area (Å²) < 4.78 is 44.7. The highest BCUT2D eigenvalue weighted by Crippen LogP contribution is 2.50. The summed E-state index contributed by atoms with van der Waals surface area (Å²) in [6, 6.07) is 9.91. The van der Waals surface area contributed by atoms with Crippen molar-refractivity contribution in [2.75, 3.05) is 0 Å². The molecule has 7 nitrogen and oxygen atoms in total. The molecule has 0 aliphatic carbocycles. The third kappa shape index (κ3) is 3.81. The first-order valence-electron chi connectivity index (χ1n) is 10.8. The standard InChI is InChI=1S/C24H23F3N2O5/c1-3-12(2)23(22(32)33)18-17(20(30)28-21(18)31)19(29-23)13-6-4-8-15(10-13)34-16-9-5-7-14(11-16)24(25,26)27/h4-12,17-19,29H,3H2,1-2H3,(H,32,33)(H,28,30,31). The minimum Gasteiger partial charge on any atom is -0.480 e. The molecule has 0 radical (unpaired) electrons. The number of fused-ring (bicyclic) bond motifs is 1. The Labute approximate surface area is 193 Å². The Morgan fingerprint density at radius 1 is 1.12 bits per heavy atom. The number of carboxylic acid groups (broad SMARTS) is 1. The molecule has 180 valence electrons. The second-order valence-corrected chi connectivity index (χ2v) is 8.66. The maximum absolute atomic E-state index is 13.0. The molecule has 10 heteroatoms. The molecule has 2 saturated heterocycles. The van der Waals surface area contributed by atoms with Gasteiger partial charge in [-0.2, -0.15) is 13.2 Å². The zero-order valence-electron chi connectivity index (χ0n) is 18.3. The van der Waals surface area contributed by atoms with Crippen LogP contribution in [-0.4, -0.2) is 28.4 Å². The second-order valence-electron chi connectivity index (χ2n) is 8.66. The lowest BCUT2D eigenvalue weighted by atomic mass is 9.72. The van der Waals surface area contributed by atoms with Crippen LogP contribution in [0.4, 0.5) is 13.2 Å². The van der Waals surface area contributed by atoms with Crippen LogP contribution in [0.3, 0.4) is 0 Å². The summed E-state index contributed by atoms with van der Waals surface area (Å²) in [5.74, 6) is -4.78. The first-order valence-corrected chi connectivity index (χ1v) is 10.8. The van der Waals surface area contributed by atoms with E-state index in [1.165, 1.54) is 24.3 Å². The van der Waals surface area contributed by atoms with Crippen molar-refractivity contribution < 1.29 is 37.4 Å². The predicted octanol–water partition coefficient (Wildman–Crippen LogP) is 3.90. The van der Waals surface area contributed by atoms with Crippen LogP contribution in [0, 0.1) is 17.8 Å². The van der Waals surface area contributed by atoms with Gasteiger partial charge in [-0.3, -0.25) is 25.0 Å². The number of rotatable bonds is 6. The molecule has 0 bridgehead atoms. The van der Waals surface area contributed by atoms with Crippen molar-refractivity contribution in [3.8, 4) is 11.5 Å². The van der Waals surface area contributed by atoms with Crippen molar-refractivity contribution in [2.45, 2.75) is 38.0 Å². The van der Waals surface area contributed by atoms with Crippen LogP contribution in [-0.2, 0) is 20.6 Å². The van der Waals surface area contributed by atoms with E-state index in [0.717, 1.165) is 12.1 Å². The number of ether oxygens (including phenoxy) is 1. The molecular weight excluding hydrogens is 453 g/mol. The maximum Gasteiger partial charge on any atom is 0.416 e. The number of benzene rings is 2. The molecule has 4 rings (SSSR count). The third-order valence-electron chi connectivity index (χ3n) is 6.79. The number of hydrogen-bond donors (Lipinski definition) is 3. The Balaban J connectivity index is 1.70.